The first-order chi connectivity index (χ1) is 12.5. The number of aryl methyl sites for hydroxylation is 1. The first-order valence-corrected chi connectivity index (χ1v) is 8.08. The van der Waals surface area contributed by atoms with E-state index in [0.717, 1.165) is 11.1 Å². The zero-order valence-electron chi connectivity index (χ0n) is 14.5. The Balaban J connectivity index is 1.59. The van der Waals surface area contributed by atoms with Gasteiger partial charge in [-0.15, -0.1) is 0 Å². The lowest BCUT2D eigenvalue weighted by Gasteiger charge is -2.04. The molecule has 0 unspecified atom stereocenters. The molecule has 0 atom stereocenters. The Morgan fingerprint density at radius 3 is 2.42 bits per heavy atom. The number of rotatable bonds is 5. The summed E-state index contributed by atoms with van der Waals surface area (Å²) < 4.78 is 10.6. The van der Waals surface area contributed by atoms with Crippen LogP contribution in [0, 0.1) is 6.92 Å². The minimum absolute atomic E-state index is 0.0155. The quantitative estimate of drug-likeness (QED) is 0.704. The highest BCUT2D eigenvalue weighted by atomic mass is 16.5. The number of nitrogens with zero attached hydrogens (tertiary/aromatic N) is 1. The lowest BCUT2D eigenvalue weighted by atomic mass is 10.1. The van der Waals surface area contributed by atoms with Crippen molar-refractivity contribution in [3.05, 3.63) is 71.4 Å². The standard InChI is InChI=1S/C20H18N2O4/c1-13-3-5-15(6-4-13)19-11-18(22-26-19)12-25-20(24)16-7-9-17(10-8-16)21-14(2)23/h3-11H,12H2,1-2H3,(H,21,23). The molecule has 1 aromatic heterocycles. The largest absolute Gasteiger partial charge is 0.455 e. The minimum atomic E-state index is -0.473. The van der Waals surface area contributed by atoms with Gasteiger partial charge < -0.3 is 14.6 Å². The molecule has 0 fully saturated rings. The Labute approximate surface area is 150 Å². The van der Waals surface area contributed by atoms with Crippen LogP contribution in [0.15, 0.2) is 59.1 Å². The normalized spacial score (nSPS) is 10.4. The van der Waals surface area contributed by atoms with Gasteiger partial charge in [0.1, 0.15) is 12.3 Å². The summed E-state index contributed by atoms with van der Waals surface area (Å²) in [6.07, 6.45) is 0. The number of hydrogen-bond donors (Lipinski definition) is 1. The van der Waals surface area contributed by atoms with Gasteiger partial charge in [0.2, 0.25) is 5.91 Å². The van der Waals surface area contributed by atoms with Crippen LogP contribution in [-0.2, 0) is 16.1 Å². The highest BCUT2D eigenvalue weighted by Gasteiger charge is 2.11. The van der Waals surface area contributed by atoms with Crippen LogP contribution >= 0.6 is 0 Å². The maximum Gasteiger partial charge on any atom is 0.338 e. The fraction of sp³-hybridized carbons (Fsp3) is 0.150. The third kappa shape index (κ3) is 4.36. The van der Waals surface area contributed by atoms with Gasteiger partial charge in [-0.2, -0.15) is 0 Å². The molecule has 0 saturated carbocycles. The van der Waals surface area contributed by atoms with Crippen molar-refractivity contribution in [3.8, 4) is 11.3 Å². The molecular weight excluding hydrogens is 332 g/mol. The van der Waals surface area contributed by atoms with E-state index in [0.29, 0.717) is 22.7 Å². The zero-order valence-corrected chi connectivity index (χ0v) is 14.5. The van der Waals surface area contributed by atoms with Crippen molar-refractivity contribution >= 4 is 17.6 Å². The molecule has 1 heterocycles. The van der Waals surface area contributed by atoms with Gasteiger partial charge >= 0.3 is 5.97 Å². The topological polar surface area (TPSA) is 81.4 Å². The fourth-order valence-electron chi connectivity index (χ4n) is 2.35. The van der Waals surface area contributed by atoms with Gasteiger partial charge in [-0.05, 0) is 31.2 Å². The second-order valence-electron chi connectivity index (χ2n) is 5.88. The number of aromatic nitrogens is 1. The van der Waals surface area contributed by atoms with E-state index < -0.39 is 5.97 Å². The van der Waals surface area contributed by atoms with Gasteiger partial charge in [-0.1, -0.05) is 35.0 Å². The van der Waals surface area contributed by atoms with E-state index in [-0.39, 0.29) is 12.5 Å². The van der Waals surface area contributed by atoms with Gasteiger partial charge in [0.05, 0.1) is 5.56 Å². The number of ether oxygens (including phenoxy) is 1. The van der Waals surface area contributed by atoms with Gasteiger partial charge in [0, 0.05) is 24.2 Å². The lowest BCUT2D eigenvalue weighted by molar-refractivity contribution is -0.114. The molecule has 6 nitrogen and oxygen atoms in total. The first-order valence-electron chi connectivity index (χ1n) is 8.08. The monoisotopic (exact) mass is 350 g/mol. The van der Waals surface area contributed by atoms with Crippen LogP contribution < -0.4 is 5.32 Å². The smallest absolute Gasteiger partial charge is 0.338 e. The number of hydrogen-bond acceptors (Lipinski definition) is 5. The molecule has 0 bridgehead atoms. The third-order valence-electron chi connectivity index (χ3n) is 3.69. The van der Waals surface area contributed by atoms with Crippen LogP contribution in [0.1, 0.15) is 28.5 Å². The number of anilines is 1. The van der Waals surface area contributed by atoms with Crippen LogP contribution in [-0.4, -0.2) is 17.0 Å². The molecule has 2 aromatic carbocycles. The molecule has 0 aliphatic carbocycles. The maximum absolute atomic E-state index is 12.1. The lowest BCUT2D eigenvalue weighted by Crippen LogP contribution is -2.07. The molecule has 132 valence electrons. The highest BCUT2D eigenvalue weighted by Crippen LogP contribution is 2.21. The summed E-state index contributed by atoms with van der Waals surface area (Å²) in [5.41, 5.74) is 3.61. The van der Waals surface area contributed by atoms with E-state index in [2.05, 4.69) is 10.5 Å². The maximum atomic E-state index is 12.1. The van der Waals surface area contributed by atoms with Crippen molar-refractivity contribution in [2.75, 3.05) is 5.32 Å². The number of benzene rings is 2. The second kappa shape index (κ2) is 7.65. The summed E-state index contributed by atoms with van der Waals surface area (Å²) in [5, 5.41) is 6.56. The van der Waals surface area contributed by atoms with Gasteiger partial charge in [0.15, 0.2) is 5.76 Å². The van der Waals surface area contributed by atoms with E-state index in [1.807, 2.05) is 31.2 Å². The Kier molecular flexibility index (Phi) is 5.12. The van der Waals surface area contributed by atoms with Crippen LogP contribution in [0.2, 0.25) is 0 Å². The predicted molar refractivity (Wildman–Crippen MR) is 96.5 cm³/mol. The van der Waals surface area contributed by atoms with Crippen LogP contribution in [0.3, 0.4) is 0 Å². The number of nitrogens with one attached hydrogen (secondary N) is 1. The van der Waals surface area contributed by atoms with E-state index in [1.165, 1.54) is 6.92 Å². The molecular formula is C20H18N2O4. The van der Waals surface area contributed by atoms with Gasteiger partial charge in [-0.3, -0.25) is 4.79 Å². The Hall–Kier alpha value is -3.41. The Morgan fingerprint density at radius 1 is 1.08 bits per heavy atom. The Bertz CT molecular complexity index is 912. The van der Waals surface area contributed by atoms with E-state index in [1.54, 1.807) is 30.3 Å². The number of carbonyl (C=O) groups is 2. The van der Waals surface area contributed by atoms with Crippen molar-refractivity contribution in [1.29, 1.82) is 0 Å². The summed E-state index contributed by atoms with van der Waals surface area (Å²) in [7, 11) is 0. The van der Waals surface area contributed by atoms with Gasteiger partial charge in [0.25, 0.3) is 0 Å². The minimum Gasteiger partial charge on any atom is -0.455 e. The average Bonchev–Trinajstić information content (AvgIpc) is 3.09. The van der Waals surface area contributed by atoms with E-state index >= 15 is 0 Å². The molecule has 0 aliphatic heterocycles. The third-order valence-corrected chi connectivity index (χ3v) is 3.69. The molecule has 26 heavy (non-hydrogen) atoms. The van der Waals surface area contributed by atoms with Gasteiger partial charge in [-0.25, -0.2) is 4.79 Å². The number of carbonyl (C=O) groups excluding carboxylic acids is 2. The van der Waals surface area contributed by atoms with E-state index in [9.17, 15) is 9.59 Å². The van der Waals surface area contributed by atoms with Crippen LogP contribution in [0.5, 0.6) is 0 Å². The predicted octanol–water partition coefficient (Wildman–Crippen LogP) is 3.97. The molecule has 0 radical (unpaired) electrons. The molecule has 0 spiro atoms. The summed E-state index contributed by atoms with van der Waals surface area (Å²) >= 11 is 0. The van der Waals surface area contributed by atoms with E-state index in [4.69, 9.17) is 9.26 Å². The van der Waals surface area contributed by atoms with Crippen molar-refractivity contribution in [1.82, 2.24) is 5.16 Å². The molecule has 6 heteroatoms. The van der Waals surface area contributed by atoms with Crippen molar-refractivity contribution in [2.24, 2.45) is 0 Å². The molecule has 0 aliphatic rings. The second-order valence-corrected chi connectivity index (χ2v) is 5.88. The Morgan fingerprint density at radius 2 is 1.77 bits per heavy atom. The van der Waals surface area contributed by atoms with Crippen LogP contribution in [0.25, 0.3) is 11.3 Å². The van der Waals surface area contributed by atoms with Crippen molar-refractivity contribution < 1.29 is 18.8 Å². The van der Waals surface area contributed by atoms with Crippen molar-refractivity contribution in [3.63, 3.8) is 0 Å². The highest BCUT2D eigenvalue weighted by molar-refractivity contribution is 5.92. The summed E-state index contributed by atoms with van der Waals surface area (Å²) in [5.74, 6) is -0.0225. The molecule has 3 rings (SSSR count). The summed E-state index contributed by atoms with van der Waals surface area (Å²) in [6.45, 7) is 3.45. The summed E-state index contributed by atoms with van der Waals surface area (Å²) in [6, 6.07) is 16.1. The zero-order chi connectivity index (χ0) is 18.5. The number of amides is 1. The molecule has 1 amide bonds. The molecule has 0 saturated heterocycles. The number of esters is 1. The molecule has 3 aromatic rings. The SMILES string of the molecule is CC(=O)Nc1ccc(C(=O)OCc2cc(-c3ccc(C)cc3)on2)cc1. The van der Waals surface area contributed by atoms with Crippen molar-refractivity contribution in [2.45, 2.75) is 20.5 Å². The molecule has 1 N–H and O–H groups in total. The summed E-state index contributed by atoms with van der Waals surface area (Å²) in [4.78, 5) is 23.1. The van der Waals surface area contributed by atoms with Crippen LogP contribution in [0.4, 0.5) is 5.69 Å². The average molecular weight is 350 g/mol. The first kappa shape index (κ1) is 17.4. The fourth-order valence-corrected chi connectivity index (χ4v) is 2.35.